The molecule has 6 aromatic carbocycles. The van der Waals surface area contributed by atoms with Crippen LogP contribution in [0, 0.1) is 0 Å². The Bertz CT molecular complexity index is 2290. The Morgan fingerprint density at radius 1 is 0.431 bits per heavy atom. The van der Waals surface area contributed by atoms with Crippen molar-refractivity contribution >= 4 is 53.4 Å². The summed E-state index contributed by atoms with van der Waals surface area (Å²) >= 11 is 1.99. The van der Waals surface area contributed by atoms with Gasteiger partial charge in [0.15, 0.2) is 0 Å². The van der Waals surface area contributed by atoms with Gasteiger partial charge in [0.25, 0.3) is 0 Å². The second kappa shape index (κ2) is 13.1. The Morgan fingerprint density at radius 2 is 0.941 bits per heavy atom. The minimum atomic E-state index is 0.574. The average molecular weight is 681 g/mol. The number of para-hydroxylation sites is 2. The second-order valence-corrected chi connectivity index (χ2v) is 16.5. The van der Waals surface area contributed by atoms with E-state index in [0.717, 1.165) is 17.6 Å². The molecular formula is C49H44OS. The molecule has 2 aliphatic carbocycles. The number of benzene rings is 6. The first-order chi connectivity index (χ1) is 25.2. The molecule has 2 saturated carbocycles. The highest BCUT2D eigenvalue weighted by Crippen LogP contribution is 2.46. The van der Waals surface area contributed by atoms with Crippen molar-refractivity contribution in [2.45, 2.75) is 81.5 Å². The van der Waals surface area contributed by atoms with Crippen molar-refractivity contribution < 1.29 is 4.42 Å². The zero-order chi connectivity index (χ0) is 33.7. The van der Waals surface area contributed by atoms with Gasteiger partial charge in [-0.3, -0.25) is 0 Å². The summed E-state index contributed by atoms with van der Waals surface area (Å²) in [6.07, 6.45) is 11.1. The van der Waals surface area contributed by atoms with Crippen LogP contribution in [0.25, 0.3) is 42.1 Å². The molecule has 252 valence electrons. The van der Waals surface area contributed by atoms with E-state index < -0.39 is 0 Å². The van der Waals surface area contributed by atoms with Crippen molar-refractivity contribution in [3.05, 3.63) is 167 Å². The summed E-state index contributed by atoms with van der Waals surface area (Å²) in [6.45, 7) is 0. The lowest BCUT2D eigenvalue weighted by atomic mass is 9.75. The van der Waals surface area contributed by atoms with Gasteiger partial charge in [-0.05, 0) is 127 Å². The molecule has 0 spiro atoms. The van der Waals surface area contributed by atoms with Crippen molar-refractivity contribution in [3.8, 4) is 0 Å². The van der Waals surface area contributed by atoms with Crippen molar-refractivity contribution in [2.75, 3.05) is 0 Å². The molecule has 2 fully saturated rings. The van der Waals surface area contributed by atoms with Crippen LogP contribution in [-0.2, 0) is 6.42 Å². The van der Waals surface area contributed by atoms with Gasteiger partial charge in [0.2, 0.25) is 0 Å². The van der Waals surface area contributed by atoms with Crippen LogP contribution >= 0.6 is 11.3 Å². The summed E-state index contributed by atoms with van der Waals surface area (Å²) in [5.41, 5.74) is 10.9. The van der Waals surface area contributed by atoms with Gasteiger partial charge in [-0.1, -0.05) is 121 Å². The van der Waals surface area contributed by atoms with E-state index in [1.54, 1.807) is 5.56 Å². The summed E-state index contributed by atoms with van der Waals surface area (Å²) in [7, 11) is 0. The number of fused-ring (bicyclic) bond motifs is 6. The van der Waals surface area contributed by atoms with Crippen molar-refractivity contribution in [1.82, 2.24) is 0 Å². The molecule has 2 heterocycles. The van der Waals surface area contributed by atoms with Gasteiger partial charge in [0.1, 0.15) is 11.2 Å². The number of hydrogen-bond acceptors (Lipinski definition) is 2. The first-order valence-corrected chi connectivity index (χ1v) is 20.0. The Morgan fingerprint density at radius 3 is 1.61 bits per heavy atom. The van der Waals surface area contributed by atoms with Gasteiger partial charge >= 0.3 is 0 Å². The molecule has 8 aromatic rings. The fourth-order valence-electron chi connectivity index (χ4n) is 9.71. The average Bonchev–Trinajstić information content (AvgIpc) is 3.78. The molecule has 0 bridgehead atoms. The van der Waals surface area contributed by atoms with Gasteiger partial charge in [0.05, 0.1) is 0 Å². The third-order valence-corrected chi connectivity index (χ3v) is 13.7. The van der Waals surface area contributed by atoms with Gasteiger partial charge in [0, 0.05) is 30.9 Å². The van der Waals surface area contributed by atoms with E-state index in [1.165, 1.54) is 110 Å². The molecule has 2 aliphatic rings. The quantitative estimate of drug-likeness (QED) is 0.170. The predicted octanol–water partition coefficient (Wildman–Crippen LogP) is 14.4. The van der Waals surface area contributed by atoms with Crippen molar-refractivity contribution in [3.63, 3.8) is 0 Å². The molecule has 0 amide bonds. The molecule has 2 heteroatoms. The Hall–Kier alpha value is -4.66. The standard InChI is InChI=1S/C49H44OS/c1-3-13-46-42(7-1)44-11-5-9-40(48(44)50-46)38-27-23-36(24-28-38)34-19-15-32(16-20-34)31-33-17-21-35(22-18-33)37-25-29-39(30-26-37)41-10-6-12-45-43-8-2-4-14-47(43)51-49(41)45/h1-22,36-39H,23-31H2. The molecule has 10 rings (SSSR count). The van der Waals surface area contributed by atoms with Gasteiger partial charge < -0.3 is 4.42 Å². The minimum Gasteiger partial charge on any atom is -0.456 e. The van der Waals surface area contributed by atoms with Gasteiger partial charge in [-0.25, -0.2) is 0 Å². The molecular weight excluding hydrogens is 637 g/mol. The number of hydrogen-bond donors (Lipinski definition) is 0. The van der Waals surface area contributed by atoms with Gasteiger partial charge in [-0.15, -0.1) is 11.3 Å². The third kappa shape index (κ3) is 5.78. The molecule has 51 heavy (non-hydrogen) atoms. The molecule has 0 N–H and O–H groups in total. The number of rotatable bonds is 6. The lowest BCUT2D eigenvalue weighted by molar-refractivity contribution is 0.396. The molecule has 1 nitrogen and oxygen atoms in total. The summed E-state index contributed by atoms with van der Waals surface area (Å²) in [5.74, 6) is 2.58. The topological polar surface area (TPSA) is 13.1 Å². The van der Waals surface area contributed by atoms with E-state index in [1.807, 2.05) is 11.3 Å². The van der Waals surface area contributed by atoms with Crippen LogP contribution in [-0.4, -0.2) is 0 Å². The molecule has 0 saturated heterocycles. The van der Waals surface area contributed by atoms with Crippen LogP contribution < -0.4 is 0 Å². The molecule has 0 radical (unpaired) electrons. The maximum absolute atomic E-state index is 6.39. The van der Waals surface area contributed by atoms with Crippen LogP contribution in [0.4, 0.5) is 0 Å². The summed E-state index contributed by atoms with van der Waals surface area (Å²) in [5, 5.41) is 5.35. The monoisotopic (exact) mass is 680 g/mol. The summed E-state index contributed by atoms with van der Waals surface area (Å²) in [6, 6.07) is 50.3. The highest BCUT2D eigenvalue weighted by atomic mass is 32.1. The van der Waals surface area contributed by atoms with E-state index in [9.17, 15) is 0 Å². The van der Waals surface area contributed by atoms with Crippen molar-refractivity contribution in [2.24, 2.45) is 0 Å². The normalized spacial score (nSPS) is 21.2. The zero-order valence-corrected chi connectivity index (χ0v) is 30.0. The van der Waals surface area contributed by atoms with E-state index >= 15 is 0 Å². The minimum absolute atomic E-state index is 0.574. The van der Waals surface area contributed by atoms with Crippen LogP contribution in [0.3, 0.4) is 0 Å². The second-order valence-electron chi connectivity index (χ2n) is 15.4. The molecule has 0 aliphatic heterocycles. The van der Waals surface area contributed by atoms with E-state index in [-0.39, 0.29) is 0 Å². The maximum atomic E-state index is 6.39. The van der Waals surface area contributed by atoms with Crippen molar-refractivity contribution in [1.29, 1.82) is 0 Å². The third-order valence-electron chi connectivity index (χ3n) is 12.5. The maximum Gasteiger partial charge on any atom is 0.138 e. The number of thiophene rings is 1. The van der Waals surface area contributed by atoms with E-state index in [2.05, 4.69) is 133 Å². The van der Waals surface area contributed by atoms with Crippen LogP contribution in [0.5, 0.6) is 0 Å². The lowest BCUT2D eigenvalue weighted by Crippen LogP contribution is -2.12. The van der Waals surface area contributed by atoms with E-state index in [4.69, 9.17) is 4.42 Å². The fourth-order valence-corrected chi connectivity index (χ4v) is 11.0. The molecule has 0 atom stereocenters. The molecule has 2 aromatic heterocycles. The molecule has 0 unspecified atom stereocenters. The first kappa shape index (κ1) is 31.1. The Balaban J connectivity index is 0.751. The van der Waals surface area contributed by atoms with Gasteiger partial charge in [-0.2, -0.15) is 0 Å². The predicted molar refractivity (Wildman–Crippen MR) is 217 cm³/mol. The lowest BCUT2D eigenvalue weighted by Gasteiger charge is -2.29. The van der Waals surface area contributed by atoms with Crippen LogP contribution in [0.1, 0.15) is 108 Å². The summed E-state index contributed by atoms with van der Waals surface area (Å²) in [4.78, 5) is 0. The van der Waals surface area contributed by atoms with Crippen LogP contribution in [0.2, 0.25) is 0 Å². The Kier molecular flexibility index (Phi) is 8.02. The fraction of sp³-hybridized carbons (Fsp3) is 0.265. The SMILES string of the molecule is c1ccc2c(c1)oc1c(C3CCC(c4ccc(Cc5ccc(C6CCC(c7cccc8c7sc7ccccc78)CC6)cc5)cc4)CC3)cccc12. The van der Waals surface area contributed by atoms with Crippen LogP contribution in [0.15, 0.2) is 138 Å². The van der Waals surface area contributed by atoms with E-state index in [0.29, 0.717) is 23.7 Å². The zero-order valence-electron chi connectivity index (χ0n) is 29.2. The summed E-state index contributed by atoms with van der Waals surface area (Å²) < 4.78 is 9.31. The number of furan rings is 1. The highest BCUT2D eigenvalue weighted by molar-refractivity contribution is 7.26. The first-order valence-electron chi connectivity index (χ1n) is 19.2. The smallest absolute Gasteiger partial charge is 0.138 e. The Labute approximate surface area is 304 Å². The largest absolute Gasteiger partial charge is 0.456 e. The highest BCUT2D eigenvalue weighted by Gasteiger charge is 2.27.